The molecule has 12 heavy (non-hydrogen) atoms. The van der Waals surface area contributed by atoms with Crippen molar-refractivity contribution in [3.8, 4) is 0 Å². The van der Waals surface area contributed by atoms with Crippen molar-refractivity contribution in [3.63, 3.8) is 0 Å². The highest BCUT2D eigenvalue weighted by Gasteiger charge is 2.14. The molecule has 70 valence electrons. The zero-order valence-electron chi connectivity index (χ0n) is 8.08. The van der Waals surface area contributed by atoms with Gasteiger partial charge in [-0.1, -0.05) is 26.0 Å². The molecule has 0 fully saturated rings. The molecular formula is C10H18O2. The average Bonchev–Trinajstić information content (AvgIpc) is 1.96. The maximum Gasteiger partial charge on any atom is 0.303 e. The van der Waals surface area contributed by atoms with Gasteiger partial charge in [0, 0.05) is 6.42 Å². The van der Waals surface area contributed by atoms with Gasteiger partial charge in [0.1, 0.15) is 0 Å². The fourth-order valence-electron chi connectivity index (χ4n) is 1.13. The molecule has 0 heterocycles. The Hall–Kier alpha value is -0.790. The summed E-state index contributed by atoms with van der Waals surface area (Å²) in [6.07, 6.45) is 5.16. The van der Waals surface area contributed by atoms with E-state index < -0.39 is 5.97 Å². The van der Waals surface area contributed by atoms with Gasteiger partial charge in [-0.15, -0.1) is 0 Å². The van der Waals surface area contributed by atoms with E-state index >= 15 is 0 Å². The first-order valence-corrected chi connectivity index (χ1v) is 4.40. The summed E-state index contributed by atoms with van der Waals surface area (Å²) in [4.78, 5) is 10.5. The van der Waals surface area contributed by atoms with Crippen LogP contribution in [0.15, 0.2) is 12.2 Å². The molecule has 2 nitrogen and oxygen atoms in total. The minimum absolute atomic E-state index is 0.277. The predicted molar refractivity (Wildman–Crippen MR) is 50.0 cm³/mol. The van der Waals surface area contributed by atoms with Gasteiger partial charge in [0.05, 0.1) is 0 Å². The van der Waals surface area contributed by atoms with Gasteiger partial charge in [0.25, 0.3) is 0 Å². The Bertz CT molecular complexity index is 159. The molecule has 0 aliphatic rings. The highest BCUT2D eigenvalue weighted by Crippen LogP contribution is 2.19. The van der Waals surface area contributed by atoms with Gasteiger partial charge in [-0.25, -0.2) is 0 Å². The van der Waals surface area contributed by atoms with E-state index in [-0.39, 0.29) is 12.3 Å². The molecule has 0 rings (SSSR count). The maximum atomic E-state index is 10.5. The second-order valence-corrected chi connectivity index (χ2v) is 3.41. The lowest BCUT2D eigenvalue weighted by Gasteiger charge is -2.16. The first-order valence-electron chi connectivity index (χ1n) is 4.40. The molecule has 0 saturated heterocycles. The van der Waals surface area contributed by atoms with Crippen LogP contribution in [0.25, 0.3) is 0 Å². The van der Waals surface area contributed by atoms with E-state index in [0.717, 1.165) is 6.42 Å². The Labute approximate surface area is 74.3 Å². The lowest BCUT2D eigenvalue weighted by Crippen LogP contribution is -2.12. The number of carboxylic acid groups (broad SMARTS) is 1. The van der Waals surface area contributed by atoms with Crippen molar-refractivity contribution < 1.29 is 9.90 Å². The number of hydrogen-bond donors (Lipinski definition) is 1. The molecule has 0 amide bonds. The molecule has 0 radical (unpaired) electrons. The summed E-state index contributed by atoms with van der Waals surface area (Å²) >= 11 is 0. The fourth-order valence-corrected chi connectivity index (χ4v) is 1.13. The van der Waals surface area contributed by atoms with E-state index in [2.05, 4.69) is 13.8 Å². The molecule has 1 unspecified atom stereocenters. The number of allylic oxidation sites excluding steroid dienone is 2. The van der Waals surface area contributed by atoms with Crippen LogP contribution in [-0.4, -0.2) is 11.1 Å². The van der Waals surface area contributed by atoms with Gasteiger partial charge in [-0.05, 0) is 25.2 Å². The van der Waals surface area contributed by atoms with Gasteiger partial charge >= 0.3 is 5.97 Å². The Kier molecular flexibility index (Phi) is 5.43. The lowest BCUT2D eigenvalue weighted by molar-refractivity contribution is -0.138. The number of carboxylic acids is 1. The quantitative estimate of drug-likeness (QED) is 0.644. The van der Waals surface area contributed by atoms with Crippen LogP contribution in [0.4, 0.5) is 0 Å². The average molecular weight is 170 g/mol. The molecule has 0 spiro atoms. The summed E-state index contributed by atoms with van der Waals surface area (Å²) in [6, 6.07) is 0. The van der Waals surface area contributed by atoms with Crippen LogP contribution in [0.5, 0.6) is 0 Å². The van der Waals surface area contributed by atoms with E-state index in [0.29, 0.717) is 5.92 Å². The Morgan fingerprint density at radius 1 is 1.50 bits per heavy atom. The first kappa shape index (κ1) is 11.2. The van der Waals surface area contributed by atoms with Crippen LogP contribution in [0, 0.1) is 11.8 Å². The zero-order chi connectivity index (χ0) is 9.56. The molecule has 0 aromatic rings. The van der Waals surface area contributed by atoms with E-state index in [9.17, 15) is 4.79 Å². The summed E-state index contributed by atoms with van der Waals surface area (Å²) in [6.45, 7) is 6.09. The minimum Gasteiger partial charge on any atom is -0.481 e. The third-order valence-corrected chi connectivity index (χ3v) is 2.05. The van der Waals surface area contributed by atoms with Gasteiger partial charge < -0.3 is 5.11 Å². The largest absolute Gasteiger partial charge is 0.481 e. The van der Waals surface area contributed by atoms with E-state index in [4.69, 9.17) is 5.11 Å². The summed E-state index contributed by atoms with van der Waals surface area (Å²) in [5.41, 5.74) is 0. The summed E-state index contributed by atoms with van der Waals surface area (Å²) in [7, 11) is 0. The van der Waals surface area contributed by atoms with Gasteiger partial charge in [-0.2, -0.15) is 0 Å². The van der Waals surface area contributed by atoms with Crippen molar-refractivity contribution in [2.75, 3.05) is 0 Å². The second kappa shape index (κ2) is 5.81. The van der Waals surface area contributed by atoms with Crippen molar-refractivity contribution in [2.24, 2.45) is 11.8 Å². The molecule has 0 aromatic carbocycles. The third-order valence-electron chi connectivity index (χ3n) is 2.05. The summed E-state index contributed by atoms with van der Waals surface area (Å²) < 4.78 is 0. The molecule has 2 heteroatoms. The highest BCUT2D eigenvalue weighted by molar-refractivity contribution is 5.67. The molecule has 0 saturated carbocycles. The molecule has 0 bridgehead atoms. The zero-order valence-corrected chi connectivity index (χ0v) is 8.08. The van der Waals surface area contributed by atoms with Gasteiger partial charge in [0.2, 0.25) is 0 Å². The number of aliphatic carboxylic acids is 1. The molecule has 0 aliphatic heterocycles. The first-order chi connectivity index (χ1) is 5.57. The smallest absolute Gasteiger partial charge is 0.303 e. The monoisotopic (exact) mass is 170 g/mol. The lowest BCUT2D eigenvalue weighted by atomic mass is 9.89. The Morgan fingerprint density at radius 2 is 2.08 bits per heavy atom. The fraction of sp³-hybridized carbons (Fsp3) is 0.700. The van der Waals surface area contributed by atoms with Crippen LogP contribution in [-0.2, 0) is 4.79 Å². The highest BCUT2D eigenvalue weighted by atomic mass is 16.4. The molecule has 1 N–H and O–H groups in total. The van der Waals surface area contributed by atoms with Gasteiger partial charge in [0.15, 0.2) is 0 Å². The second-order valence-electron chi connectivity index (χ2n) is 3.41. The van der Waals surface area contributed by atoms with Crippen molar-refractivity contribution >= 4 is 5.97 Å². The Balaban J connectivity index is 3.95. The number of rotatable bonds is 5. The predicted octanol–water partition coefficient (Wildman–Crippen LogP) is 2.70. The van der Waals surface area contributed by atoms with Crippen LogP contribution >= 0.6 is 0 Å². The van der Waals surface area contributed by atoms with Crippen molar-refractivity contribution in [2.45, 2.75) is 33.6 Å². The van der Waals surface area contributed by atoms with E-state index in [1.807, 2.05) is 19.1 Å². The SMILES string of the molecule is CC=CCC(CC(=O)O)C(C)C. The normalized spacial score (nSPS) is 14.0. The van der Waals surface area contributed by atoms with E-state index in [1.54, 1.807) is 0 Å². The minimum atomic E-state index is -0.696. The van der Waals surface area contributed by atoms with Crippen molar-refractivity contribution in [3.05, 3.63) is 12.2 Å². The van der Waals surface area contributed by atoms with Crippen LogP contribution in [0.3, 0.4) is 0 Å². The van der Waals surface area contributed by atoms with E-state index in [1.165, 1.54) is 0 Å². The molecule has 0 aliphatic carbocycles. The van der Waals surface area contributed by atoms with Crippen LogP contribution < -0.4 is 0 Å². The standard InChI is InChI=1S/C10H18O2/c1-4-5-6-9(8(2)3)7-10(11)12/h4-5,8-9H,6-7H2,1-3H3,(H,11,12). The third kappa shape index (κ3) is 4.94. The van der Waals surface area contributed by atoms with Crippen molar-refractivity contribution in [1.82, 2.24) is 0 Å². The number of carbonyl (C=O) groups is 1. The topological polar surface area (TPSA) is 37.3 Å². The van der Waals surface area contributed by atoms with Crippen LogP contribution in [0.1, 0.15) is 33.6 Å². The Morgan fingerprint density at radius 3 is 2.42 bits per heavy atom. The van der Waals surface area contributed by atoms with Crippen molar-refractivity contribution in [1.29, 1.82) is 0 Å². The summed E-state index contributed by atoms with van der Waals surface area (Å²) in [5, 5.41) is 8.61. The molecular weight excluding hydrogens is 152 g/mol. The molecule has 0 aromatic heterocycles. The number of hydrogen-bond acceptors (Lipinski definition) is 1. The molecule has 1 atom stereocenters. The van der Waals surface area contributed by atoms with Crippen LogP contribution in [0.2, 0.25) is 0 Å². The van der Waals surface area contributed by atoms with Gasteiger partial charge in [-0.3, -0.25) is 4.79 Å². The summed E-state index contributed by atoms with van der Waals surface area (Å²) in [5.74, 6) is 0.0224. The maximum absolute atomic E-state index is 10.5.